The van der Waals surface area contributed by atoms with Crippen molar-refractivity contribution in [3.05, 3.63) is 16.4 Å². The van der Waals surface area contributed by atoms with E-state index in [1.54, 1.807) is 0 Å². The van der Waals surface area contributed by atoms with Crippen LogP contribution in [0.2, 0.25) is 0 Å². The molecule has 1 fully saturated rings. The van der Waals surface area contributed by atoms with Crippen molar-refractivity contribution in [2.45, 2.75) is 6.04 Å². The predicted molar refractivity (Wildman–Crippen MR) is 77.6 cm³/mol. The summed E-state index contributed by atoms with van der Waals surface area (Å²) in [6.45, 7) is 3.47. The van der Waals surface area contributed by atoms with Crippen molar-refractivity contribution < 1.29 is 9.66 Å². The van der Waals surface area contributed by atoms with Gasteiger partial charge in [-0.05, 0) is 14.1 Å². The van der Waals surface area contributed by atoms with Gasteiger partial charge in [0.1, 0.15) is 6.33 Å². The van der Waals surface area contributed by atoms with Crippen LogP contribution in [0.15, 0.2) is 6.33 Å². The second kappa shape index (κ2) is 6.64. The molecule has 0 amide bonds. The highest BCUT2D eigenvalue weighted by atomic mass is 16.6. The Balaban J connectivity index is 2.11. The molecular weight excluding hydrogens is 276 g/mol. The lowest BCUT2D eigenvalue weighted by Gasteiger charge is -2.37. The maximum Gasteiger partial charge on any atom is 0.372 e. The number of aromatic nitrogens is 2. The molecule has 1 aromatic rings. The van der Waals surface area contributed by atoms with Crippen LogP contribution in [0.5, 0.6) is 5.88 Å². The fourth-order valence-electron chi connectivity index (χ4n) is 2.34. The summed E-state index contributed by atoms with van der Waals surface area (Å²) in [5.41, 5.74) is -0.230. The Bertz CT molecular complexity index is 512. The molecule has 9 nitrogen and oxygen atoms in total. The zero-order chi connectivity index (χ0) is 15.4. The summed E-state index contributed by atoms with van der Waals surface area (Å²) in [5.74, 6) is 0.153. The Hall–Kier alpha value is -2.00. The molecular formula is C12H20N6O3. The molecule has 1 atom stereocenters. The van der Waals surface area contributed by atoms with Gasteiger partial charge in [-0.15, -0.1) is 0 Å². The van der Waals surface area contributed by atoms with Gasteiger partial charge in [-0.25, -0.2) is 4.98 Å². The zero-order valence-electron chi connectivity index (χ0n) is 12.4. The maximum atomic E-state index is 11.2. The smallest absolute Gasteiger partial charge is 0.372 e. The topological polar surface area (TPSA) is 96.7 Å². The van der Waals surface area contributed by atoms with Crippen LogP contribution in [0.4, 0.5) is 11.5 Å². The number of likely N-dealkylation sites (N-methyl/N-ethyl adjacent to an activating group) is 2. The molecule has 21 heavy (non-hydrogen) atoms. The highest BCUT2D eigenvalue weighted by Gasteiger charge is 2.26. The highest BCUT2D eigenvalue weighted by Crippen LogP contribution is 2.30. The molecule has 2 heterocycles. The van der Waals surface area contributed by atoms with Crippen LogP contribution >= 0.6 is 0 Å². The quantitative estimate of drug-likeness (QED) is 0.601. The Labute approximate surface area is 123 Å². The van der Waals surface area contributed by atoms with Crippen LogP contribution in [-0.2, 0) is 0 Å². The number of nitrogens with zero attached hydrogens (tertiary/aromatic N) is 5. The van der Waals surface area contributed by atoms with Gasteiger partial charge in [0, 0.05) is 32.2 Å². The first-order chi connectivity index (χ1) is 10.0. The third-order valence-electron chi connectivity index (χ3n) is 3.65. The number of methoxy groups -OCH3 is 1. The number of anilines is 1. The number of rotatable bonds is 5. The number of nitro groups is 1. The van der Waals surface area contributed by atoms with Gasteiger partial charge in [0.2, 0.25) is 5.82 Å². The third kappa shape index (κ3) is 3.56. The number of nitrogens with one attached hydrogen (secondary N) is 1. The summed E-state index contributed by atoms with van der Waals surface area (Å²) in [6, 6.07) is 0.268. The van der Waals surface area contributed by atoms with E-state index in [2.05, 4.69) is 32.1 Å². The molecule has 1 aliphatic heterocycles. The lowest BCUT2D eigenvalue weighted by molar-refractivity contribution is -0.385. The standard InChI is InChI=1S/C12H20N6O3/c1-16-4-5-17(2)9(7-16)6-13-11-10(18(19)20)12(21-3)15-8-14-11/h8-9H,4-7H2,1-3H3,(H,13,14,15). The average molecular weight is 296 g/mol. The van der Waals surface area contributed by atoms with Gasteiger partial charge in [-0.3, -0.25) is 15.0 Å². The number of ether oxygens (including phenoxy) is 1. The lowest BCUT2D eigenvalue weighted by atomic mass is 10.2. The second-order valence-electron chi connectivity index (χ2n) is 5.11. The van der Waals surface area contributed by atoms with Crippen LogP contribution < -0.4 is 10.1 Å². The maximum absolute atomic E-state index is 11.2. The molecule has 0 radical (unpaired) electrons. The van der Waals surface area contributed by atoms with Crippen LogP contribution in [-0.4, -0.2) is 78.1 Å². The fraction of sp³-hybridized carbons (Fsp3) is 0.667. The molecule has 1 aromatic heterocycles. The zero-order valence-corrected chi connectivity index (χ0v) is 12.4. The van der Waals surface area contributed by atoms with Crippen molar-refractivity contribution in [3.8, 4) is 5.88 Å². The minimum absolute atomic E-state index is 0.0355. The molecule has 0 spiro atoms. The van der Waals surface area contributed by atoms with Gasteiger partial charge in [-0.1, -0.05) is 0 Å². The first-order valence-electron chi connectivity index (χ1n) is 6.69. The van der Waals surface area contributed by atoms with Crippen molar-refractivity contribution in [1.29, 1.82) is 0 Å². The number of piperazine rings is 1. The van der Waals surface area contributed by atoms with E-state index >= 15 is 0 Å². The van der Waals surface area contributed by atoms with Crippen molar-refractivity contribution in [1.82, 2.24) is 19.8 Å². The van der Waals surface area contributed by atoms with Crippen molar-refractivity contribution in [3.63, 3.8) is 0 Å². The van der Waals surface area contributed by atoms with Crippen LogP contribution in [0.25, 0.3) is 0 Å². The third-order valence-corrected chi connectivity index (χ3v) is 3.65. The van der Waals surface area contributed by atoms with E-state index in [4.69, 9.17) is 4.74 Å². The normalized spacial score (nSPS) is 20.2. The summed E-state index contributed by atoms with van der Waals surface area (Å²) >= 11 is 0. The molecule has 1 aliphatic rings. The monoisotopic (exact) mass is 296 g/mol. The van der Waals surface area contributed by atoms with Crippen LogP contribution in [0.3, 0.4) is 0 Å². The van der Waals surface area contributed by atoms with Gasteiger partial charge in [-0.2, -0.15) is 4.98 Å². The van der Waals surface area contributed by atoms with Crippen molar-refractivity contribution in [2.24, 2.45) is 0 Å². The fourth-order valence-corrected chi connectivity index (χ4v) is 2.34. The van der Waals surface area contributed by atoms with E-state index in [1.165, 1.54) is 13.4 Å². The molecule has 1 N–H and O–H groups in total. The summed E-state index contributed by atoms with van der Waals surface area (Å²) < 4.78 is 4.93. The minimum Gasteiger partial charge on any atom is -0.476 e. The van der Waals surface area contributed by atoms with Gasteiger partial charge in [0.25, 0.3) is 5.88 Å². The van der Waals surface area contributed by atoms with Crippen molar-refractivity contribution >= 4 is 11.5 Å². The lowest BCUT2D eigenvalue weighted by Crippen LogP contribution is -2.52. The van der Waals surface area contributed by atoms with Gasteiger partial charge >= 0.3 is 5.69 Å². The molecule has 9 heteroatoms. The SMILES string of the molecule is COc1ncnc(NCC2CN(C)CCN2C)c1[N+](=O)[O-]. The van der Waals surface area contributed by atoms with Crippen LogP contribution in [0, 0.1) is 10.1 Å². The Morgan fingerprint density at radius 1 is 1.48 bits per heavy atom. The average Bonchev–Trinajstić information content (AvgIpc) is 2.47. The van der Waals surface area contributed by atoms with E-state index in [1.807, 2.05) is 7.05 Å². The Morgan fingerprint density at radius 3 is 2.90 bits per heavy atom. The minimum atomic E-state index is -0.530. The Morgan fingerprint density at radius 2 is 2.24 bits per heavy atom. The molecule has 0 aromatic carbocycles. The predicted octanol–water partition coefficient (Wildman–Crippen LogP) is 0.0511. The number of hydrogen-bond acceptors (Lipinski definition) is 8. The number of hydrogen-bond donors (Lipinski definition) is 1. The van der Waals surface area contributed by atoms with E-state index in [0.717, 1.165) is 19.6 Å². The van der Waals surface area contributed by atoms with Crippen LogP contribution in [0.1, 0.15) is 0 Å². The van der Waals surface area contributed by atoms with E-state index in [9.17, 15) is 10.1 Å². The molecule has 0 aliphatic carbocycles. The molecule has 1 unspecified atom stereocenters. The molecule has 2 rings (SSSR count). The van der Waals surface area contributed by atoms with Gasteiger partial charge in [0.15, 0.2) is 0 Å². The largest absolute Gasteiger partial charge is 0.476 e. The van der Waals surface area contributed by atoms with Crippen molar-refractivity contribution in [2.75, 3.05) is 52.7 Å². The molecule has 116 valence electrons. The summed E-state index contributed by atoms with van der Waals surface area (Å²) in [5, 5.41) is 14.2. The summed E-state index contributed by atoms with van der Waals surface area (Å²) in [7, 11) is 5.47. The Kier molecular flexibility index (Phi) is 4.86. The van der Waals surface area contributed by atoms with E-state index < -0.39 is 4.92 Å². The molecule has 1 saturated heterocycles. The first kappa shape index (κ1) is 15.4. The van der Waals surface area contributed by atoms with Gasteiger partial charge < -0.3 is 15.0 Å². The molecule has 0 saturated carbocycles. The second-order valence-corrected chi connectivity index (χ2v) is 5.11. The highest BCUT2D eigenvalue weighted by molar-refractivity contribution is 5.61. The summed E-state index contributed by atoms with van der Waals surface area (Å²) in [4.78, 5) is 22.8. The van der Waals surface area contributed by atoms with E-state index in [-0.39, 0.29) is 23.4 Å². The molecule has 0 bridgehead atoms. The first-order valence-corrected chi connectivity index (χ1v) is 6.69. The summed E-state index contributed by atoms with van der Waals surface area (Å²) in [6.07, 6.45) is 1.25. The van der Waals surface area contributed by atoms with Gasteiger partial charge in [0.05, 0.1) is 12.0 Å². The van der Waals surface area contributed by atoms with E-state index in [0.29, 0.717) is 6.54 Å².